The number of benzene rings is 1. The molecule has 1 aromatic heterocycles. The van der Waals surface area contributed by atoms with E-state index in [1.54, 1.807) is 12.3 Å². The second-order valence-electron chi connectivity index (χ2n) is 7.41. The monoisotopic (exact) mass is 367 g/mol. The molecular weight excluding hydrogens is 342 g/mol. The number of carbonyl (C=O) groups is 1. The van der Waals surface area contributed by atoms with Crippen LogP contribution in [0.5, 0.6) is 0 Å². The van der Waals surface area contributed by atoms with Crippen molar-refractivity contribution in [3.63, 3.8) is 0 Å². The lowest BCUT2D eigenvalue weighted by Gasteiger charge is -2.46. The van der Waals surface area contributed by atoms with E-state index in [1.165, 1.54) is 0 Å². The fraction of sp³-hybridized carbons (Fsp3) is 0.429. The number of aliphatic hydroxyl groups excluding tert-OH is 1. The summed E-state index contributed by atoms with van der Waals surface area (Å²) < 4.78 is 5.92. The minimum Gasteiger partial charge on any atom is -0.390 e. The molecular formula is C21H25N3O3. The highest BCUT2D eigenvalue weighted by Gasteiger charge is 2.44. The molecule has 27 heavy (non-hydrogen) atoms. The van der Waals surface area contributed by atoms with E-state index in [4.69, 9.17) is 10.5 Å². The third-order valence-electron chi connectivity index (χ3n) is 5.77. The van der Waals surface area contributed by atoms with Gasteiger partial charge < -0.3 is 20.5 Å². The lowest BCUT2D eigenvalue weighted by molar-refractivity contribution is -0.174. The van der Waals surface area contributed by atoms with E-state index >= 15 is 0 Å². The summed E-state index contributed by atoms with van der Waals surface area (Å²) in [6.45, 7) is 1.92. The van der Waals surface area contributed by atoms with Crippen molar-refractivity contribution >= 4 is 11.7 Å². The maximum atomic E-state index is 12.8. The molecule has 2 aliphatic heterocycles. The van der Waals surface area contributed by atoms with Gasteiger partial charge in [-0.25, -0.2) is 4.98 Å². The third-order valence-corrected chi connectivity index (χ3v) is 5.77. The maximum absolute atomic E-state index is 12.8. The molecule has 2 saturated heterocycles. The van der Waals surface area contributed by atoms with Crippen LogP contribution < -0.4 is 5.73 Å². The molecule has 3 N–H and O–H groups in total. The lowest BCUT2D eigenvalue weighted by atomic mass is 9.82. The molecule has 0 unspecified atom stereocenters. The quantitative estimate of drug-likeness (QED) is 0.851. The number of hydrogen-bond acceptors (Lipinski definition) is 5. The Morgan fingerprint density at radius 3 is 2.48 bits per heavy atom. The van der Waals surface area contributed by atoms with Crippen molar-refractivity contribution in [3.8, 4) is 11.1 Å². The second kappa shape index (κ2) is 7.29. The first kappa shape index (κ1) is 17.9. The summed E-state index contributed by atoms with van der Waals surface area (Å²) in [4.78, 5) is 18.8. The largest absolute Gasteiger partial charge is 0.390 e. The molecule has 1 spiro atoms. The number of hydrogen-bond donors (Lipinski definition) is 2. The van der Waals surface area contributed by atoms with Gasteiger partial charge in [-0.2, -0.15) is 0 Å². The molecule has 0 aliphatic carbocycles. The number of amides is 1. The van der Waals surface area contributed by atoms with Crippen molar-refractivity contribution in [1.29, 1.82) is 0 Å². The summed E-state index contributed by atoms with van der Waals surface area (Å²) in [5, 5.41) is 10.3. The topological polar surface area (TPSA) is 88.7 Å². The molecule has 2 aromatic rings. The van der Waals surface area contributed by atoms with Gasteiger partial charge in [0.05, 0.1) is 11.7 Å². The Morgan fingerprint density at radius 1 is 1.15 bits per heavy atom. The van der Waals surface area contributed by atoms with Crippen molar-refractivity contribution < 1.29 is 14.6 Å². The highest BCUT2D eigenvalue weighted by Crippen LogP contribution is 2.35. The summed E-state index contributed by atoms with van der Waals surface area (Å²) in [7, 11) is 0. The van der Waals surface area contributed by atoms with Gasteiger partial charge in [0.2, 0.25) is 0 Å². The van der Waals surface area contributed by atoms with E-state index in [0.29, 0.717) is 43.9 Å². The highest BCUT2D eigenvalue weighted by atomic mass is 16.5. The molecule has 2 aliphatic rings. The number of nitrogens with zero attached hydrogens (tertiary/aromatic N) is 2. The Labute approximate surface area is 159 Å². The van der Waals surface area contributed by atoms with Gasteiger partial charge in [0, 0.05) is 37.0 Å². The van der Waals surface area contributed by atoms with Crippen LogP contribution in [-0.2, 0) is 4.74 Å². The molecule has 1 aromatic carbocycles. The van der Waals surface area contributed by atoms with Crippen molar-refractivity contribution in [1.82, 2.24) is 9.88 Å². The van der Waals surface area contributed by atoms with Gasteiger partial charge in [-0.1, -0.05) is 12.1 Å². The number of nitrogens with two attached hydrogens (primary N) is 1. The smallest absolute Gasteiger partial charge is 0.253 e. The number of anilines is 1. The normalized spacial score (nSPS) is 22.0. The molecule has 3 heterocycles. The Morgan fingerprint density at radius 2 is 1.85 bits per heavy atom. The molecule has 6 nitrogen and oxygen atoms in total. The van der Waals surface area contributed by atoms with E-state index in [-0.39, 0.29) is 5.91 Å². The van der Waals surface area contributed by atoms with E-state index in [0.717, 1.165) is 24.0 Å². The Bertz CT molecular complexity index is 796. The summed E-state index contributed by atoms with van der Waals surface area (Å²) in [6, 6.07) is 11.2. The standard InChI is InChI=1S/C21H25N3O3/c22-19-8-7-17(14-23-19)15-3-5-16(6-4-15)20(26)24-11-9-21(10-12-24)18(25)2-1-13-27-21/h3-8,14,18,25H,1-2,9-13H2,(H2,22,23)/t18-/m0/s1. The number of likely N-dealkylation sites (tertiary alicyclic amines) is 1. The van der Waals surface area contributed by atoms with Gasteiger partial charge >= 0.3 is 0 Å². The van der Waals surface area contributed by atoms with Gasteiger partial charge in [-0.15, -0.1) is 0 Å². The van der Waals surface area contributed by atoms with Crippen LogP contribution in [0, 0.1) is 0 Å². The Hall–Kier alpha value is -2.44. The number of ether oxygens (including phenoxy) is 1. The maximum Gasteiger partial charge on any atom is 0.253 e. The number of pyridine rings is 1. The fourth-order valence-corrected chi connectivity index (χ4v) is 4.04. The van der Waals surface area contributed by atoms with Crippen LogP contribution >= 0.6 is 0 Å². The number of rotatable bonds is 2. The zero-order chi connectivity index (χ0) is 18.9. The molecule has 1 atom stereocenters. The number of aliphatic hydroxyl groups is 1. The minimum atomic E-state index is -0.457. The van der Waals surface area contributed by atoms with Gasteiger partial charge in [0.15, 0.2) is 0 Å². The first-order valence-corrected chi connectivity index (χ1v) is 9.51. The third kappa shape index (κ3) is 3.55. The summed E-state index contributed by atoms with van der Waals surface area (Å²) in [5.74, 6) is 0.512. The van der Waals surface area contributed by atoms with Gasteiger partial charge in [0.1, 0.15) is 5.82 Å². The zero-order valence-electron chi connectivity index (χ0n) is 15.3. The molecule has 6 heteroatoms. The van der Waals surface area contributed by atoms with Crippen LogP contribution in [0.3, 0.4) is 0 Å². The van der Waals surface area contributed by atoms with Crippen LogP contribution in [0.1, 0.15) is 36.0 Å². The second-order valence-corrected chi connectivity index (χ2v) is 7.41. The van der Waals surface area contributed by atoms with E-state index < -0.39 is 11.7 Å². The van der Waals surface area contributed by atoms with Crippen molar-refractivity contribution in [2.75, 3.05) is 25.4 Å². The first-order valence-electron chi connectivity index (χ1n) is 9.51. The molecule has 4 rings (SSSR count). The average molecular weight is 367 g/mol. The number of piperidine rings is 1. The number of nitrogen functional groups attached to an aromatic ring is 1. The predicted molar refractivity (Wildman–Crippen MR) is 103 cm³/mol. The van der Waals surface area contributed by atoms with Gasteiger partial charge in [-0.3, -0.25) is 4.79 Å². The van der Waals surface area contributed by atoms with E-state index in [2.05, 4.69) is 4.98 Å². The van der Waals surface area contributed by atoms with Gasteiger partial charge in [0.25, 0.3) is 5.91 Å². The average Bonchev–Trinajstić information content (AvgIpc) is 2.71. The number of aromatic nitrogens is 1. The van der Waals surface area contributed by atoms with Crippen molar-refractivity contribution in [2.45, 2.75) is 37.4 Å². The van der Waals surface area contributed by atoms with Crippen molar-refractivity contribution in [3.05, 3.63) is 48.2 Å². The summed E-state index contributed by atoms with van der Waals surface area (Å²) in [6.07, 6.45) is 4.38. The number of carbonyl (C=O) groups excluding carboxylic acids is 1. The highest BCUT2D eigenvalue weighted by molar-refractivity contribution is 5.94. The fourth-order valence-electron chi connectivity index (χ4n) is 4.04. The zero-order valence-corrected chi connectivity index (χ0v) is 15.3. The van der Waals surface area contributed by atoms with Crippen LogP contribution in [0.2, 0.25) is 0 Å². The van der Waals surface area contributed by atoms with Gasteiger partial charge in [-0.05, 0) is 55.5 Å². The lowest BCUT2D eigenvalue weighted by Crippen LogP contribution is -2.56. The molecule has 0 radical (unpaired) electrons. The van der Waals surface area contributed by atoms with E-state index in [1.807, 2.05) is 35.2 Å². The Balaban J connectivity index is 1.42. The Kier molecular flexibility index (Phi) is 4.85. The molecule has 0 saturated carbocycles. The first-order chi connectivity index (χ1) is 13.1. The summed E-state index contributed by atoms with van der Waals surface area (Å²) >= 11 is 0. The van der Waals surface area contributed by atoms with E-state index in [9.17, 15) is 9.90 Å². The predicted octanol–water partition coefficient (Wildman–Crippen LogP) is 2.48. The SMILES string of the molecule is Nc1ccc(-c2ccc(C(=O)N3CCC4(CC3)OCCC[C@@H]4O)cc2)cn1. The van der Waals surface area contributed by atoms with Crippen LogP contribution in [0.15, 0.2) is 42.6 Å². The molecule has 2 fully saturated rings. The van der Waals surface area contributed by atoms with Crippen molar-refractivity contribution in [2.24, 2.45) is 0 Å². The van der Waals surface area contributed by atoms with Crippen LogP contribution in [-0.4, -0.2) is 52.3 Å². The van der Waals surface area contributed by atoms with Crippen LogP contribution in [0.25, 0.3) is 11.1 Å². The van der Waals surface area contributed by atoms with Crippen LogP contribution in [0.4, 0.5) is 5.82 Å². The molecule has 1 amide bonds. The summed E-state index contributed by atoms with van der Waals surface area (Å²) in [5.41, 5.74) is 7.80. The molecule has 0 bridgehead atoms. The molecule has 142 valence electrons. The minimum absolute atomic E-state index is 0.0251.